The fourth-order valence-electron chi connectivity index (χ4n) is 3.71. The molecule has 0 aliphatic rings. The lowest BCUT2D eigenvalue weighted by atomic mass is 10.0. The minimum Gasteiger partial charge on any atom is -0.245 e. The Labute approximate surface area is 170 Å². The standard InChI is InChI=1S/C23H13NS2.ClH/c1-2-8-14(9-3-1)19-22-20(15-10-4-6-12-17(15)25-22)24-21-16-11-5-7-13-18(16)26-23(19)21;/h1-13H;1H. The van der Waals surface area contributed by atoms with Gasteiger partial charge in [0.25, 0.3) is 0 Å². The first-order valence-electron chi connectivity index (χ1n) is 8.58. The van der Waals surface area contributed by atoms with E-state index in [-0.39, 0.29) is 12.4 Å². The van der Waals surface area contributed by atoms with E-state index in [0.717, 1.165) is 11.0 Å². The topological polar surface area (TPSA) is 12.9 Å². The average Bonchev–Trinajstić information content (AvgIpc) is 3.25. The van der Waals surface area contributed by atoms with Crippen LogP contribution >= 0.6 is 35.1 Å². The summed E-state index contributed by atoms with van der Waals surface area (Å²) in [6.07, 6.45) is 0. The van der Waals surface area contributed by atoms with Crippen LogP contribution in [-0.2, 0) is 0 Å². The van der Waals surface area contributed by atoms with Crippen molar-refractivity contribution >= 4 is 75.7 Å². The number of rotatable bonds is 1. The Balaban J connectivity index is 0.00000160. The molecule has 0 saturated carbocycles. The van der Waals surface area contributed by atoms with Crippen LogP contribution in [0.1, 0.15) is 0 Å². The molecule has 0 aliphatic heterocycles. The summed E-state index contributed by atoms with van der Waals surface area (Å²) in [6, 6.07) is 27.9. The van der Waals surface area contributed by atoms with E-state index < -0.39 is 0 Å². The van der Waals surface area contributed by atoms with Crippen molar-refractivity contribution in [1.29, 1.82) is 0 Å². The van der Waals surface area contributed by atoms with E-state index in [0.29, 0.717) is 0 Å². The second-order valence-electron chi connectivity index (χ2n) is 6.40. The van der Waals surface area contributed by atoms with E-state index in [9.17, 15) is 0 Å². The highest BCUT2D eigenvalue weighted by Crippen LogP contribution is 2.46. The molecule has 0 aliphatic carbocycles. The number of hydrogen-bond donors (Lipinski definition) is 0. The minimum atomic E-state index is 0. The summed E-state index contributed by atoms with van der Waals surface area (Å²) < 4.78 is 5.18. The third-order valence-electron chi connectivity index (χ3n) is 4.88. The van der Waals surface area contributed by atoms with Crippen molar-refractivity contribution in [1.82, 2.24) is 4.98 Å². The Bertz CT molecular complexity index is 1340. The molecule has 0 bridgehead atoms. The Hall–Kier alpha value is -2.46. The maximum Gasteiger partial charge on any atom is 0.0903 e. The third kappa shape index (κ3) is 2.39. The number of pyridine rings is 1. The highest BCUT2D eigenvalue weighted by atomic mass is 35.5. The molecule has 4 heteroatoms. The van der Waals surface area contributed by atoms with Gasteiger partial charge < -0.3 is 0 Å². The number of halogens is 1. The van der Waals surface area contributed by atoms with Crippen LogP contribution in [-0.4, -0.2) is 4.98 Å². The second-order valence-corrected chi connectivity index (χ2v) is 8.51. The summed E-state index contributed by atoms with van der Waals surface area (Å²) in [4.78, 5) is 5.16. The fraction of sp³-hybridized carbons (Fsp3) is 0. The second kappa shape index (κ2) is 6.31. The van der Waals surface area contributed by atoms with Crippen molar-refractivity contribution in [2.75, 3.05) is 0 Å². The summed E-state index contributed by atoms with van der Waals surface area (Å²) in [5.74, 6) is 0. The molecule has 0 amide bonds. The van der Waals surface area contributed by atoms with E-state index >= 15 is 0 Å². The van der Waals surface area contributed by atoms with Gasteiger partial charge in [-0.1, -0.05) is 66.7 Å². The van der Waals surface area contributed by atoms with Crippen molar-refractivity contribution < 1.29 is 0 Å². The number of thiophene rings is 2. The maximum atomic E-state index is 5.16. The quantitative estimate of drug-likeness (QED) is 0.272. The molecule has 3 aromatic carbocycles. The van der Waals surface area contributed by atoms with Crippen LogP contribution in [0.5, 0.6) is 0 Å². The lowest BCUT2D eigenvalue weighted by Gasteiger charge is -2.05. The van der Waals surface area contributed by atoms with E-state index in [1.807, 2.05) is 22.7 Å². The number of fused-ring (bicyclic) bond motifs is 6. The third-order valence-corrected chi connectivity index (χ3v) is 7.23. The maximum absolute atomic E-state index is 5.16. The summed E-state index contributed by atoms with van der Waals surface area (Å²) in [7, 11) is 0. The molecule has 0 radical (unpaired) electrons. The number of benzene rings is 3. The lowest BCUT2D eigenvalue weighted by Crippen LogP contribution is -1.83. The van der Waals surface area contributed by atoms with Crippen molar-refractivity contribution in [3.63, 3.8) is 0 Å². The molecule has 0 atom stereocenters. The molecule has 6 rings (SSSR count). The zero-order valence-electron chi connectivity index (χ0n) is 14.2. The van der Waals surface area contributed by atoms with Gasteiger partial charge in [0.2, 0.25) is 0 Å². The van der Waals surface area contributed by atoms with Gasteiger partial charge in [-0.05, 0) is 17.7 Å². The molecule has 3 heterocycles. The molecule has 0 unspecified atom stereocenters. The highest BCUT2D eigenvalue weighted by molar-refractivity contribution is 7.29. The van der Waals surface area contributed by atoms with Crippen molar-refractivity contribution in [3.8, 4) is 11.1 Å². The predicted molar refractivity (Wildman–Crippen MR) is 123 cm³/mol. The molecular formula is C23H14ClNS2. The van der Waals surface area contributed by atoms with E-state index in [4.69, 9.17) is 4.98 Å². The zero-order chi connectivity index (χ0) is 17.1. The average molecular weight is 404 g/mol. The smallest absolute Gasteiger partial charge is 0.0903 e. The highest BCUT2D eigenvalue weighted by Gasteiger charge is 2.18. The Kier molecular flexibility index (Phi) is 3.90. The van der Waals surface area contributed by atoms with Gasteiger partial charge in [-0.3, -0.25) is 0 Å². The molecule has 130 valence electrons. The van der Waals surface area contributed by atoms with Crippen molar-refractivity contribution in [2.45, 2.75) is 0 Å². The molecule has 0 saturated heterocycles. The summed E-state index contributed by atoms with van der Waals surface area (Å²) in [5, 5.41) is 2.50. The Morgan fingerprint density at radius 1 is 0.556 bits per heavy atom. The number of aromatic nitrogens is 1. The van der Waals surface area contributed by atoms with Crippen molar-refractivity contribution in [2.24, 2.45) is 0 Å². The molecule has 6 aromatic rings. The predicted octanol–water partition coefficient (Wildman–Crippen LogP) is 7.91. The minimum absolute atomic E-state index is 0. The van der Waals surface area contributed by atoms with Gasteiger partial charge >= 0.3 is 0 Å². The van der Waals surface area contributed by atoms with Gasteiger partial charge in [-0.25, -0.2) is 4.98 Å². The lowest BCUT2D eigenvalue weighted by molar-refractivity contribution is 1.56. The largest absolute Gasteiger partial charge is 0.245 e. The van der Waals surface area contributed by atoms with Gasteiger partial charge in [0.05, 0.1) is 20.4 Å². The Morgan fingerprint density at radius 2 is 1.04 bits per heavy atom. The van der Waals surface area contributed by atoms with E-state index in [1.165, 1.54) is 40.7 Å². The number of nitrogens with zero attached hydrogens (tertiary/aromatic N) is 1. The molecular weight excluding hydrogens is 390 g/mol. The van der Waals surface area contributed by atoms with Gasteiger partial charge in [-0.2, -0.15) is 0 Å². The first-order valence-corrected chi connectivity index (χ1v) is 10.2. The summed E-state index contributed by atoms with van der Waals surface area (Å²) >= 11 is 3.70. The SMILES string of the molecule is Cl.c1ccc(-c2c3sc4ccccc4c3nc3c2sc2ccccc23)cc1. The normalized spacial score (nSPS) is 11.4. The first-order chi connectivity index (χ1) is 12.9. The molecule has 0 N–H and O–H groups in total. The monoisotopic (exact) mass is 403 g/mol. The van der Waals surface area contributed by atoms with Crippen LogP contribution in [0.2, 0.25) is 0 Å². The molecule has 3 aromatic heterocycles. The summed E-state index contributed by atoms with van der Waals surface area (Å²) in [6.45, 7) is 0. The van der Waals surface area contributed by atoms with Gasteiger partial charge in [-0.15, -0.1) is 35.1 Å². The van der Waals surface area contributed by atoms with Gasteiger partial charge in [0, 0.05) is 25.7 Å². The van der Waals surface area contributed by atoms with Crippen molar-refractivity contribution in [3.05, 3.63) is 78.9 Å². The van der Waals surface area contributed by atoms with Crippen LogP contribution in [0.4, 0.5) is 0 Å². The van der Waals surface area contributed by atoms with Crippen LogP contribution in [0, 0.1) is 0 Å². The van der Waals surface area contributed by atoms with Gasteiger partial charge in [0.15, 0.2) is 0 Å². The molecule has 1 nitrogen and oxygen atoms in total. The Morgan fingerprint density at radius 3 is 1.59 bits per heavy atom. The summed E-state index contributed by atoms with van der Waals surface area (Å²) in [5.41, 5.74) is 4.84. The molecule has 0 spiro atoms. The fourth-order valence-corrected chi connectivity index (χ4v) is 6.20. The van der Waals surface area contributed by atoms with E-state index in [1.54, 1.807) is 0 Å². The molecule has 0 fully saturated rings. The van der Waals surface area contributed by atoms with Crippen LogP contribution < -0.4 is 0 Å². The van der Waals surface area contributed by atoms with Crippen LogP contribution in [0.15, 0.2) is 78.9 Å². The zero-order valence-corrected chi connectivity index (χ0v) is 16.6. The van der Waals surface area contributed by atoms with E-state index in [2.05, 4.69) is 78.9 Å². The molecule has 27 heavy (non-hydrogen) atoms. The van der Waals surface area contributed by atoms with Crippen LogP contribution in [0.25, 0.3) is 51.7 Å². The number of hydrogen-bond acceptors (Lipinski definition) is 3. The van der Waals surface area contributed by atoms with Crippen LogP contribution in [0.3, 0.4) is 0 Å². The van der Waals surface area contributed by atoms with Gasteiger partial charge in [0.1, 0.15) is 0 Å². The first kappa shape index (κ1) is 16.7.